The third-order valence-corrected chi connectivity index (χ3v) is 2.88. The number of rotatable bonds is 0. The van der Waals surface area contributed by atoms with Gasteiger partial charge in [0.05, 0.1) is 11.2 Å². The second kappa shape index (κ2) is 2.98. The van der Waals surface area contributed by atoms with Gasteiger partial charge in [0, 0.05) is 11.6 Å². The maximum absolute atomic E-state index is 9.95. The highest BCUT2D eigenvalue weighted by Gasteiger charge is 2.08. The summed E-state index contributed by atoms with van der Waals surface area (Å²) < 4.78 is 1.94. The maximum Gasteiger partial charge on any atom is 0.140 e. The molecule has 0 amide bonds. The van der Waals surface area contributed by atoms with Crippen LogP contribution in [0.2, 0.25) is 0 Å². The van der Waals surface area contributed by atoms with Crippen molar-refractivity contribution in [3.05, 3.63) is 41.7 Å². The van der Waals surface area contributed by atoms with Crippen molar-refractivity contribution in [1.82, 2.24) is 9.38 Å². The Morgan fingerprint density at radius 2 is 2.06 bits per heavy atom. The molecule has 3 aromatic rings. The van der Waals surface area contributed by atoms with E-state index in [1.807, 2.05) is 42.6 Å². The number of phenolic OH excluding ortho intramolecular Hbond substituents is 1. The van der Waals surface area contributed by atoms with Crippen LogP contribution in [0.25, 0.3) is 16.6 Å². The largest absolute Gasteiger partial charge is 0.506 e. The first kappa shape index (κ1) is 9.21. The lowest BCUT2D eigenvalue weighted by molar-refractivity contribution is 0.480. The highest BCUT2D eigenvalue weighted by molar-refractivity contribution is 5.90. The van der Waals surface area contributed by atoms with E-state index in [0.29, 0.717) is 5.75 Å². The highest BCUT2D eigenvalue weighted by atomic mass is 16.3. The smallest absolute Gasteiger partial charge is 0.140 e. The van der Waals surface area contributed by atoms with Crippen LogP contribution in [0.4, 0.5) is 0 Å². The van der Waals surface area contributed by atoms with Crippen LogP contribution in [0.3, 0.4) is 0 Å². The Bertz CT molecular complexity index is 698. The molecule has 0 saturated heterocycles. The van der Waals surface area contributed by atoms with Gasteiger partial charge in [-0.05, 0) is 31.5 Å². The Hall–Kier alpha value is -2.03. The number of hydrogen-bond acceptors (Lipinski definition) is 2. The predicted octanol–water partition coefficient (Wildman–Crippen LogP) is 2.81. The van der Waals surface area contributed by atoms with Gasteiger partial charge >= 0.3 is 0 Å². The third-order valence-electron chi connectivity index (χ3n) is 2.88. The second-order valence-electron chi connectivity index (χ2n) is 4.11. The average molecular weight is 212 g/mol. The van der Waals surface area contributed by atoms with Crippen molar-refractivity contribution in [2.45, 2.75) is 13.8 Å². The summed E-state index contributed by atoms with van der Waals surface area (Å²) >= 11 is 0. The van der Waals surface area contributed by atoms with Crippen molar-refractivity contribution in [2.75, 3.05) is 0 Å². The molecule has 0 atom stereocenters. The number of imidazole rings is 1. The summed E-state index contributed by atoms with van der Waals surface area (Å²) in [5, 5.41) is 11.0. The number of hydrogen-bond donors (Lipinski definition) is 1. The monoisotopic (exact) mass is 212 g/mol. The Labute approximate surface area is 93.0 Å². The van der Waals surface area contributed by atoms with Gasteiger partial charge in [0.15, 0.2) is 0 Å². The first-order chi connectivity index (χ1) is 7.66. The lowest BCUT2D eigenvalue weighted by Gasteiger charge is -2.06. The molecule has 0 aliphatic rings. The minimum Gasteiger partial charge on any atom is -0.506 e. The summed E-state index contributed by atoms with van der Waals surface area (Å²) in [6.45, 7) is 3.99. The van der Waals surface area contributed by atoms with E-state index in [1.54, 1.807) is 6.07 Å². The van der Waals surface area contributed by atoms with Gasteiger partial charge in [-0.15, -0.1) is 0 Å². The van der Waals surface area contributed by atoms with Crippen LogP contribution < -0.4 is 0 Å². The number of aromatic hydroxyl groups is 1. The van der Waals surface area contributed by atoms with Crippen LogP contribution in [-0.4, -0.2) is 14.5 Å². The molecule has 3 nitrogen and oxygen atoms in total. The second-order valence-corrected chi connectivity index (χ2v) is 4.11. The van der Waals surface area contributed by atoms with Gasteiger partial charge in [0.25, 0.3) is 0 Å². The van der Waals surface area contributed by atoms with E-state index >= 15 is 0 Å². The van der Waals surface area contributed by atoms with Gasteiger partial charge in [-0.2, -0.15) is 0 Å². The molecule has 0 spiro atoms. The van der Waals surface area contributed by atoms with Gasteiger partial charge in [0.2, 0.25) is 0 Å². The molecule has 0 fully saturated rings. The molecule has 0 bridgehead atoms. The topological polar surface area (TPSA) is 37.5 Å². The summed E-state index contributed by atoms with van der Waals surface area (Å²) in [6, 6.07) is 7.62. The fraction of sp³-hybridized carbons (Fsp3) is 0.154. The Morgan fingerprint density at radius 1 is 1.25 bits per heavy atom. The average Bonchev–Trinajstić information content (AvgIpc) is 2.59. The lowest BCUT2D eigenvalue weighted by Crippen LogP contribution is -1.90. The van der Waals surface area contributed by atoms with Crippen LogP contribution in [0.5, 0.6) is 5.75 Å². The van der Waals surface area contributed by atoms with Gasteiger partial charge < -0.3 is 5.11 Å². The number of aryl methyl sites for hydroxylation is 2. The van der Waals surface area contributed by atoms with Crippen molar-refractivity contribution in [2.24, 2.45) is 0 Å². The highest BCUT2D eigenvalue weighted by Crippen LogP contribution is 2.28. The van der Waals surface area contributed by atoms with Crippen LogP contribution in [0.15, 0.2) is 30.5 Å². The molecule has 1 aromatic carbocycles. The first-order valence-corrected chi connectivity index (χ1v) is 5.24. The third kappa shape index (κ3) is 1.11. The van der Waals surface area contributed by atoms with E-state index in [0.717, 1.165) is 27.8 Å². The summed E-state index contributed by atoms with van der Waals surface area (Å²) in [6.07, 6.45) is 1.94. The molecule has 0 saturated carbocycles. The Morgan fingerprint density at radius 3 is 2.88 bits per heavy atom. The number of aromatic nitrogens is 2. The number of pyridine rings is 1. The van der Waals surface area contributed by atoms with E-state index in [2.05, 4.69) is 4.98 Å². The number of phenols is 1. The standard InChI is InChI=1S/C13H12N2O/c1-8-6-12-14-9(2)7-15(12)13-10(8)4-3-5-11(13)16/h3-7,16H,1-2H3. The van der Waals surface area contributed by atoms with E-state index in [4.69, 9.17) is 0 Å². The zero-order valence-corrected chi connectivity index (χ0v) is 9.23. The van der Waals surface area contributed by atoms with Gasteiger partial charge in [-0.3, -0.25) is 4.40 Å². The molecule has 2 heterocycles. The lowest BCUT2D eigenvalue weighted by atomic mass is 10.1. The normalized spacial score (nSPS) is 11.4. The predicted molar refractivity (Wildman–Crippen MR) is 63.8 cm³/mol. The minimum atomic E-state index is 0.295. The number of nitrogens with zero attached hydrogens (tertiary/aromatic N) is 2. The van der Waals surface area contributed by atoms with Gasteiger partial charge in [0.1, 0.15) is 11.4 Å². The Balaban J connectivity index is 2.66. The summed E-state index contributed by atoms with van der Waals surface area (Å²) in [4.78, 5) is 4.42. The molecule has 16 heavy (non-hydrogen) atoms. The van der Waals surface area contributed by atoms with Crippen LogP contribution in [0, 0.1) is 13.8 Å². The molecule has 2 aromatic heterocycles. The van der Waals surface area contributed by atoms with E-state index in [1.165, 1.54) is 0 Å². The number of fused-ring (bicyclic) bond motifs is 3. The fourth-order valence-corrected chi connectivity index (χ4v) is 2.17. The maximum atomic E-state index is 9.95. The van der Waals surface area contributed by atoms with Crippen molar-refractivity contribution >= 4 is 16.6 Å². The van der Waals surface area contributed by atoms with Gasteiger partial charge in [-0.1, -0.05) is 12.1 Å². The minimum absolute atomic E-state index is 0.295. The van der Waals surface area contributed by atoms with E-state index < -0.39 is 0 Å². The quantitative estimate of drug-likeness (QED) is 0.622. The van der Waals surface area contributed by atoms with E-state index in [-0.39, 0.29) is 0 Å². The summed E-state index contributed by atoms with van der Waals surface area (Å²) in [7, 11) is 0. The van der Waals surface area contributed by atoms with Crippen LogP contribution in [0.1, 0.15) is 11.3 Å². The molecule has 0 unspecified atom stereocenters. The molecule has 80 valence electrons. The molecular weight excluding hydrogens is 200 g/mol. The van der Waals surface area contributed by atoms with Crippen LogP contribution in [-0.2, 0) is 0 Å². The molecule has 3 heteroatoms. The van der Waals surface area contributed by atoms with Crippen LogP contribution >= 0.6 is 0 Å². The fourth-order valence-electron chi connectivity index (χ4n) is 2.17. The summed E-state index contributed by atoms with van der Waals surface area (Å²) in [5.41, 5.74) is 3.79. The van der Waals surface area contributed by atoms with Crippen molar-refractivity contribution < 1.29 is 5.11 Å². The van der Waals surface area contributed by atoms with E-state index in [9.17, 15) is 5.11 Å². The Kier molecular flexibility index (Phi) is 1.72. The molecule has 0 radical (unpaired) electrons. The molecule has 1 N–H and O–H groups in total. The first-order valence-electron chi connectivity index (χ1n) is 5.24. The van der Waals surface area contributed by atoms with Crippen molar-refractivity contribution in [3.63, 3.8) is 0 Å². The zero-order valence-electron chi connectivity index (χ0n) is 9.23. The SMILES string of the molecule is Cc1cn2c(cc(C)c3cccc(O)c32)n1. The molecular formula is C13H12N2O. The molecule has 0 aliphatic heterocycles. The summed E-state index contributed by atoms with van der Waals surface area (Å²) in [5.74, 6) is 0.295. The number of benzene rings is 1. The molecule has 0 aliphatic carbocycles. The van der Waals surface area contributed by atoms with Crippen molar-refractivity contribution in [3.8, 4) is 5.75 Å². The zero-order chi connectivity index (χ0) is 11.3. The molecule has 3 rings (SSSR count). The van der Waals surface area contributed by atoms with Gasteiger partial charge in [-0.25, -0.2) is 4.98 Å². The van der Waals surface area contributed by atoms with Crippen molar-refractivity contribution in [1.29, 1.82) is 0 Å². The number of para-hydroxylation sites is 1.